The van der Waals surface area contributed by atoms with Gasteiger partial charge in [0, 0.05) is 22.3 Å². The maximum absolute atomic E-state index is 12.4. The first-order chi connectivity index (χ1) is 14.4. The van der Waals surface area contributed by atoms with Crippen LogP contribution in [0.25, 0.3) is 11.3 Å². The molecule has 0 bridgehead atoms. The Labute approximate surface area is 181 Å². The Morgan fingerprint density at radius 2 is 1.77 bits per heavy atom. The number of rotatable bonds is 8. The van der Waals surface area contributed by atoms with Crippen molar-refractivity contribution < 1.29 is 9.59 Å². The zero-order chi connectivity index (χ0) is 21.5. The fourth-order valence-electron chi connectivity index (χ4n) is 3.14. The molecule has 0 atom stereocenters. The van der Waals surface area contributed by atoms with Gasteiger partial charge in [-0.1, -0.05) is 37.3 Å². The van der Waals surface area contributed by atoms with E-state index in [4.69, 9.17) is 0 Å². The van der Waals surface area contributed by atoms with Crippen LogP contribution in [0.3, 0.4) is 0 Å². The van der Waals surface area contributed by atoms with Gasteiger partial charge in [-0.15, -0.1) is 11.3 Å². The molecule has 0 saturated heterocycles. The molecular weight excluding hydrogens is 396 g/mol. The number of likely N-dealkylation sites (N-methyl/N-ethyl adjacent to an activating group) is 1. The highest BCUT2D eigenvalue weighted by Gasteiger charge is 2.13. The fourth-order valence-corrected chi connectivity index (χ4v) is 3.76. The predicted octanol–water partition coefficient (Wildman–Crippen LogP) is 4.19. The molecule has 30 heavy (non-hydrogen) atoms. The van der Waals surface area contributed by atoms with Gasteiger partial charge in [-0.05, 0) is 44.2 Å². The topological polar surface area (TPSA) is 74.3 Å². The summed E-state index contributed by atoms with van der Waals surface area (Å²) in [5, 5.41) is 8.82. The lowest BCUT2D eigenvalue weighted by atomic mass is 10.1. The van der Waals surface area contributed by atoms with E-state index < -0.39 is 0 Å². The summed E-state index contributed by atoms with van der Waals surface area (Å²) >= 11 is 1.59. The van der Waals surface area contributed by atoms with Crippen molar-refractivity contribution in [3.63, 3.8) is 0 Å². The summed E-state index contributed by atoms with van der Waals surface area (Å²) in [4.78, 5) is 30.9. The van der Waals surface area contributed by atoms with E-state index in [1.54, 1.807) is 23.3 Å². The quantitative estimate of drug-likeness (QED) is 0.571. The summed E-state index contributed by atoms with van der Waals surface area (Å²) in [6.45, 7) is 4.26. The molecule has 0 spiro atoms. The highest BCUT2D eigenvalue weighted by molar-refractivity contribution is 7.09. The van der Waals surface area contributed by atoms with Crippen LogP contribution in [0.15, 0.2) is 53.9 Å². The number of carbonyl (C=O) groups excluding carboxylic acids is 2. The Hall–Kier alpha value is -3.03. The van der Waals surface area contributed by atoms with Crippen molar-refractivity contribution >= 4 is 34.5 Å². The average Bonchev–Trinajstić information content (AvgIpc) is 3.14. The Balaban J connectivity index is 1.53. The summed E-state index contributed by atoms with van der Waals surface area (Å²) in [5.41, 5.74) is 4.46. The van der Waals surface area contributed by atoms with Crippen LogP contribution < -0.4 is 10.6 Å². The van der Waals surface area contributed by atoms with Gasteiger partial charge in [-0.2, -0.15) is 0 Å². The minimum atomic E-state index is -0.175. The van der Waals surface area contributed by atoms with E-state index in [0.29, 0.717) is 5.69 Å². The van der Waals surface area contributed by atoms with Crippen LogP contribution in [-0.2, 0) is 16.0 Å². The molecule has 0 aliphatic heterocycles. The van der Waals surface area contributed by atoms with E-state index >= 15 is 0 Å². The number of thiazole rings is 1. The van der Waals surface area contributed by atoms with Crippen LogP contribution in [0.5, 0.6) is 0 Å². The molecule has 2 amide bonds. The minimum Gasteiger partial charge on any atom is -0.325 e. The average molecular weight is 423 g/mol. The van der Waals surface area contributed by atoms with Crippen molar-refractivity contribution in [2.75, 3.05) is 30.8 Å². The van der Waals surface area contributed by atoms with E-state index in [2.05, 4.69) is 15.6 Å². The van der Waals surface area contributed by atoms with Crippen LogP contribution >= 0.6 is 11.3 Å². The molecule has 6 nitrogen and oxygen atoms in total. The second kappa shape index (κ2) is 10.1. The zero-order valence-corrected chi connectivity index (χ0v) is 18.3. The smallest absolute Gasteiger partial charge is 0.238 e. The van der Waals surface area contributed by atoms with Gasteiger partial charge in [0.05, 0.1) is 23.8 Å². The van der Waals surface area contributed by atoms with Gasteiger partial charge >= 0.3 is 0 Å². The number of aryl methyl sites for hydroxylation is 2. The number of hydrogen-bond acceptors (Lipinski definition) is 5. The van der Waals surface area contributed by atoms with E-state index in [0.717, 1.165) is 33.9 Å². The maximum Gasteiger partial charge on any atom is 0.238 e. The van der Waals surface area contributed by atoms with Gasteiger partial charge in [0.15, 0.2) is 0 Å². The largest absolute Gasteiger partial charge is 0.325 e. The van der Waals surface area contributed by atoms with Crippen molar-refractivity contribution in [3.05, 3.63) is 64.5 Å². The van der Waals surface area contributed by atoms with E-state index in [-0.39, 0.29) is 24.9 Å². The number of carbonyl (C=O) groups is 2. The van der Waals surface area contributed by atoms with Gasteiger partial charge in [0.25, 0.3) is 0 Å². The van der Waals surface area contributed by atoms with Gasteiger partial charge < -0.3 is 10.6 Å². The number of para-hydroxylation sites is 1. The van der Waals surface area contributed by atoms with Crippen LogP contribution in [0.4, 0.5) is 11.4 Å². The molecule has 2 aromatic carbocycles. The fraction of sp³-hybridized carbons (Fsp3) is 0.261. The molecule has 3 aromatic rings. The van der Waals surface area contributed by atoms with Crippen LogP contribution in [0.2, 0.25) is 0 Å². The molecule has 0 radical (unpaired) electrons. The Bertz CT molecular complexity index is 1030. The van der Waals surface area contributed by atoms with Crippen LogP contribution in [0, 0.1) is 6.92 Å². The van der Waals surface area contributed by atoms with E-state index in [9.17, 15) is 9.59 Å². The third kappa shape index (κ3) is 5.98. The monoisotopic (exact) mass is 422 g/mol. The normalized spacial score (nSPS) is 10.8. The second-order valence-corrected chi connectivity index (χ2v) is 8.17. The number of hydrogen-bond donors (Lipinski definition) is 2. The summed E-state index contributed by atoms with van der Waals surface area (Å²) in [6, 6.07) is 15.3. The molecule has 0 unspecified atom stereocenters. The Morgan fingerprint density at radius 3 is 2.47 bits per heavy atom. The highest BCUT2D eigenvalue weighted by atomic mass is 32.1. The van der Waals surface area contributed by atoms with Gasteiger partial charge in [-0.25, -0.2) is 4.98 Å². The van der Waals surface area contributed by atoms with Crippen molar-refractivity contribution in [2.45, 2.75) is 20.3 Å². The molecular formula is C23H26N4O2S. The molecule has 2 N–H and O–H groups in total. The number of benzene rings is 2. The summed E-state index contributed by atoms with van der Waals surface area (Å²) in [5.74, 6) is -0.321. The summed E-state index contributed by atoms with van der Waals surface area (Å²) in [6.07, 6.45) is 0.842. The SMILES string of the molecule is CCc1ccccc1NC(=O)CN(C)CC(=O)Nc1cccc(-c2csc(C)n2)c1. The molecule has 156 valence electrons. The van der Waals surface area contributed by atoms with Gasteiger partial charge in [0.2, 0.25) is 11.8 Å². The number of amides is 2. The highest BCUT2D eigenvalue weighted by Crippen LogP contribution is 2.24. The lowest BCUT2D eigenvalue weighted by molar-refractivity contribution is -0.119. The first-order valence-electron chi connectivity index (χ1n) is 9.83. The van der Waals surface area contributed by atoms with Crippen molar-refractivity contribution in [3.8, 4) is 11.3 Å². The Kier molecular flexibility index (Phi) is 7.32. The first kappa shape index (κ1) is 21.7. The number of nitrogens with zero attached hydrogens (tertiary/aromatic N) is 2. The van der Waals surface area contributed by atoms with E-state index in [1.807, 2.05) is 67.8 Å². The molecule has 0 saturated carbocycles. The molecule has 0 aliphatic rings. The number of aromatic nitrogens is 1. The third-order valence-corrected chi connectivity index (χ3v) is 5.33. The molecule has 1 aromatic heterocycles. The summed E-state index contributed by atoms with van der Waals surface area (Å²) < 4.78 is 0. The standard InChI is InChI=1S/C23H26N4O2S/c1-4-17-8-5-6-11-20(17)26-23(29)14-27(3)13-22(28)25-19-10-7-9-18(12-19)21-15-30-16(2)24-21/h5-12,15H,4,13-14H2,1-3H3,(H,25,28)(H,26,29). The third-order valence-electron chi connectivity index (χ3n) is 4.56. The van der Waals surface area contributed by atoms with Crippen LogP contribution in [-0.4, -0.2) is 41.8 Å². The predicted molar refractivity (Wildman–Crippen MR) is 123 cm³/mol. The molecule has 0 fully saturated rings. The van der Waals surface area contributed by atoms with Crippen LogP contribution in [0.1, 0.15) is 17.5 Å². The van der Waals surface area contributed by atoms with Crippen molar-refractivity contribution in [1.29, 1.82) is 0 Å². The van der Waals surface area contributed by atoms with Gasteiger partial charge in [0.1, 0.15) is 0 Å². The lowest BCUT2D eigenvalue weighted by Gasteiger charge is -2.17. The number of anilines is 2. The van der Waals surface area contributed by atoms with Crippen molar-refractivity contribution in [2.24, 2.45) is 0 Å². The molecule has 3 rings (SSSR count). The zero-order valence-electron chi connectivity index (χ0n) is 17.4. The van der Waals surface area contributed by atoms with Gasteiger partial charge in [-0.3, -0.25) is 14.5 Å². The molecule has 1 heterocycles. The summed E-state index contributed by atoms with van der Waals surface area (Å²) in [7, 11) is 1.75. The van der Waals surface area contributed by atoms with Crippen molar-refractivity contribution in [1.82, 2.24) is 9.88 Å². The molecule has 7 heteroatoms. The molecule has 0 aliphatic carbocycles. The Morgan fingerprint density at radius 1 is 1.03 bits per heavy atom. The van der Waals surface area contributed by atoms with E-state index in [1.165, 1.54) is 0 Å². The second-order valence-electron chi connectivity index (χ2n) is 7.11. The first-order valence-corrected chi connectivity index (χ1v) is 10.7. The number of nitrogens with one attached hydrogen (secondary N) is 2. The minimum absolute atomic E-state index is 0.114. The lowest BCUT2D eigenvalue weighted by Crippen LogP contribution is -2.36. The maximum atomic E-state index is 12.4.